The van der Waals surface area contributed by atoms with E-state index < -0.39 is 0 Å². The molecule has 1 radical (unpaired) electrons. The van der Waals surface area contributed by atoms with Gasteiger partial charge in [-0.3, -0.25) is 0 Å². The molecule has 0 nitrogen and oxygen atoms in total. The molecule has 1 heteroatoms. The van der Waals surface area contributed by atoms with Crippen LogP contribution in [0.4, 0.5) is 0 Å². The second kappa shape index (κ2) is 4.06. The van der Waals surface area contributed by atoms with Gasteiger partial charge in [0.1, 0.15) is 7.28 Å². The molecule has 0 saturated carbocycles. The summed E-state index contributed by atoms with van der Waals surface area (Å²) in [5, 5.41) is 0. The van der Waals surface area contributed by atoms with Crippen molar-refractivity contribution in [3.63, 3.8) is 0 Å². The lowest BCUT2D eigenvalue weighted by Gasteiger charge is -2.34. The van der Waals surface area contributed by atoms with E-state index in [9.17, 15) is 0 Å². The van der Waals surface area contributed by atoms with Gasteiger partial charge in [-0.25, -0.2) is 0 Å². The van der Waals surface area contributed by atoms with Crippen LogP contribution in [0.25, 0.3) is 0 Å². The van der Waals surface area contributed by atoms with E-state index in [-0.39, 0.29) is 0 Å². The van der Waals surface area contributed by atoms with Crippen molar-refractivity contribution in [1.82, 2.24) is 0 Å². The minimum Gasteiger partial charge on any atom is -0.0692 e. The van der Waals surface area contributed by atoms with Crippen LogP contribution in [0.5, 0.6) is 0 Å². The quantitative estimate of drug-likeness (QED) is 0.554. The zero-order chi connectivity index (χ0) is 10.9. The van der Waals surface area contributed by atoms with E-state index in [0.29, 0.717) is 22.5 Å². The molecule has 2 atom stereocenters. The van der Waals surface area contributed by atoms with Gasteiger partial charge in [0.2, 0.25) is 0 Å². The Hall–Kier alpha value is 0.0649. The first-order valence-corrected chi connectivity index (χ1v) is 5.40. The normalized spacial score (nSPS) is 18.2. The fraction of sp³-hybridized carbons (Fsp3) is 1.00. The Morgan fingerprint density at radius 3 is 1.08 bits per heavy atom. The Morgan fingerprint density at radius 2 is 0.923 bits per heavy atom. The molecule has 77 valence electrons. The molecule has 0 N–H and O–H groups in total. The van der Waals surface area contributed by atoms with Crippen LogP contribution in [0, 0.1) is 10.8 Å². The van der Waals surface area contributed by atoms with Gasteiger partial charge in [-0.1, -0.05) is 67.0 Å². The highest BCUT2D eigenvalue weighted by molar-refractivity contribution is 6.39. The molecule has 0 aliphatic heterocycles. The van der Waals surface area contributed by atoms with Crippen molar-refractivity contribution in [2.24, 2.45) is 10.8 Å². The van der Waals surface area contributed by atoms with Crippen LogP contribution in [0.2, 0.25) is 11.6 Å². The van der Waals surface area contributed by atoms with E-state index in [1.165, 1.54) is 0 Å². The summed E-state index contributed by atoms with van der Waals surface area (Å²) < 4.78 is 0. The molecule has 0 aliphatic rings. The van der Waals surface area contributed by atoms with Gasteiger partial charge in [-0.2, -0.15) is 0 Å². The van der Waals surface area contributed by atoms with Gasteiger partial charge in [0.15, 0.2) is 0 Å². The van der Waals surface area contributed by atoms with Crippen LogP contribution in [-0.2, 0) is 0 Å². The number of rotatable bonds is 2. The van der Waals surface area contributed by atoms with E-state index in [0.717, 1.165) is 0 Å². The first-order chi connectivity index (χ1) is 5.55. The molecule has 0 aromatic carbocycles. The van der Waals surface area contributed by atoms with Crippen LogP contribution < -0.4 is 0 Å². The standard InChI is InChI=1S/C12H26B/c1-9(11(3,4)5)13-10(2)12(6,7)8/h9-10H,1-8H3. The van der Waals surface area contributed by atoms with Crippen LogP contribution in [0.1, 0.15) is 55.4 Å². The highest BCUT2D eigenvalue weighted by Crippen LogP contribution is 2.38. The van der Waals surface area contributed by atoms with Crippen molar-refractivity contribution in [1.29, 1.82) is 0 Å². The van der Waals surface area contributed by atoms with Crippen molar-refractivity contribution >= 4 is 7.28 Å². The third kappa shape index (κ3) is 4.74. The van der Waals surface area contributed by atoms with Gasteiger partial charge in [0.05, 0.1) is 0 Å². The van der Waals surface area contributed by atoms with Crippen molar-refractivity contribution < 1.29 is 0 Å². The molecule has 0 aliphatic carbocycles. The molecule has 0 spiro atoms. The van der Waals surface area contributed by atoms with E-state index in [2.05, 4.69) is 62.7 Å². The lowest BCUT2D eigenvalue weighted by atomic mass is 9.45. The lowest BCUT2D eigenvalue weighted by molar-refractivity contribution is 0.364. The number of hydrogen-bond donors (Lipinski definition) is 0. The predicted molar refractivity (Wildman–Crippen MR) is 63.5 cm³/mol. The fourth-order valence-electron chi connectivity index (χ4n) is 1.01. The minimum absolute atomic E-state index is 0.402. The van der Waals surface area contributed by atoms with Gasteiger partial charge < -0.3 is 0 Å². The first-order valence-electron chi connectivity index (χ1n) is 5.40. The summed E-state index contributed by atoms with van der Waals surface area (Å²) in [6.07, 6.45) is 0. The smallest absolute Gasteiger partial charge is 0.0692 e. The van der Waals surface area contributed by atoms with Gasteiger partial charge in [0, 0.05) is 0 Å². The van der Waals surface area contributed by atoms with Crippen LogP contribution in [0.15, 0.2) is 0 Å². The third-order valence-electron chi connectivity index (χ3n) is 3.31. The molecule has 0 saturated heterocycles. The van der Waals surface area contributed by atoms with Crippen molar-refractivity contribution in [3.8, 4) is 0 Å². The Morgan fingerprint density at radius 1 is 0.692 bits per heavy atom. The SMILES string of the molecule is CC([B]C(C)C(C)(C)C)C(C)(C)C. The molecule has 0 bridgehead atoms. The summed E-state index contributed by atoms with van der Waals surface area (Å²) in [5.74, 6) is 1.36. The zero-order valence-electron chi connectivity index (χ0n) is 10.7. The Bertz CT molecular complexity index is 129. The van der Waals surface area contributed by atoms with E-state index in [1.807, 2.05) is 0 Å². The van der Waals surface area contributed by atoms with Crippen LogP contribution in [-0.4, -0.2) is 7.28 Å². The third-order valence-corrected chi connectivity index (χ3v) is 3.31. The van der Waals surface area contributed by atoms with Crippen molar-refractivity contribution in [3.05, 3.63) is 0 Å². The predicted octanol–water partition coefficient (Wildman–Crippen LogP) is 4.40. The summed E-state index contributed by atoms with van der Waals surface area (Å²) in [6, 6.07) is 0. The summed E-state index contributed by atoms with van der Waals surface area (Å²) >= 11 is 0. The molecular formula is C12H26B. The molecule has 0 aromatic heterocycles. The molecule has 0 fully saturated rings. The Balaban J connectivity index is 4.15. The second-order valence-electron chi connectivity index (χ2n) is 6.50. The average molecular weight is 181 g/mol. The molecule has 0 heterocycles. The maximum atomic E-state index is 2.50. The topological polar surface area (TPSA) is 0 Å². The molecule has 0 aromatic rings. The number of hydrogen-bond acceptors (Lipinski definition) is 0. The largest absolute Gasteiger partial charge is 0.118 e. The second-order valence-corrected chi connectivity index (χ2v) is 6.50. The first kappa shape index (κ1) is 13.1. The monoisotopic (exact) mass is 181 g/mol. The maximum absolute atomic E-state index is 2.50. The molecule has 13 heavy (non-hydrogen) atoms. The van der Waals surface area contributed by atoms with Crippen LogP contribution >= 0.6 is 0 Å². The van der Waals surface area contributed by atoms with E-state index >= 15 is 0 Å². The molecular weight excluding hydrogens is 155 g/mol. The minimum atomic E-state index is 0.402. The summed E-state index contributed by atoms with van der Waals surface area (Å²) in [5.41, 5.74) is 0.805. The Kier molecular flexibility index (Phi) is 4.08. The van der Waals surface area contributed by atoms with Gasteiger partial charge >= 0.3 is 0 Å². The van der Waals surface area contributed by atoms with E-state index in [4.69, 9.17) is 0 Å². The molecule has 0 amide bonds. The fourth-order valence-corrected chi connectivity index (χ4v) is 1.01. The van der Waals surface area contributed by atoms with Crippen LogP contribution in [0.3, 0.4) is 0 Å². The van der Waals surface area contributed by atoms with Gasteiger partial charge in [-0.05, 0) is 10.8 Å². The van der Waals surface area contributed by atoms with Gasteiger partial charge in [0.25, 0.3) is 0 Å². The zero-order valence-corrected chi connectivity index (χ0v) is 10.7. The van der Waals surface area contributed by atoms with Gasteiger partial charge in [-0.15, -0.1) is 0 Å². The maximum Gasteiger partial charge on any atom is 0.118 e. The lowest BCUT2D eigenvalue weighted by Crippen LogP contribution is -2.26. The highest BCUT2D eigenvalue weighted by atomic mass is 14.2. The van der Waals surface area contributed by atoms with Crippen molar-refractivity contribution in [2.75, 3.05) is 0 Å². The summed E-state index contributed by atoms with van der Waals surface area (Å²) in [6.45, 7) is 18.5. The summed E-state index contributed by atoms with van der Waals surface area (Å²) in [4.78, 5) is 0. The highest BCUT2D eigenvalue weighted by Gasteiger charge is 2.28. The Labute approximate surface area is 85.7 Å². The average Bonchev–Trinajstić information content (AvgIpc) is 1.82. The summed E-state index contributed by atoms with van der Waals surface area (Å²) in [7, 11) is 2.50. The van der Waals surface area contributed by atoms with E-state index in [1.54, 1.807) is 0 Å². The van der Waals surface area contributed by atoms with Crippen molar-refractivity contribution in [2.45, 2.75) is 67.0 Å². The molecule has 2 unspecified atom stereocenters. The molecule has 0 rings (SSSR count).